The van der Waals surface area contributed by atoms with Crippen LogP contribution in [0.25, 0.3) is 6.08 Å². The van der Waals surface area contributed by atoms with E-state index in [1.807, 2.05) is 18.2 Å². The van der Waals surface area contributed by atoms with Crippen molar-refractivity contribution in [3.05, 3.63) is 69.8 Å². The number of hydrogen-bond donors (Lipinski definition) is 1. The quantitative estimate of drug-likeness (QED) is 0.792. The molecule has 4 nitrogen and oxygen atoms in total. The zero-order valence-corrected chi connectivity index (χ0v) is 13.1. The first kappa shape index (κ1) is 14.0. The van der Waals surface area contributed by atoms with Gasteiger partial charge in [-0.05, 0) is 29.8 Å². The van der Waals surface area contributed by atoms with Crippen LogP contribution in [-0.2, 0) is 10.0 Å². The first-order valence-electron chi connectivity index (χ1n) is 6.12. The average Bonchev–Trinajstić information content (AvgIpc) is 2.47. The summed E-state index contributed by atoms with van der Waals surface area (Å²) >= 11 is 3.37. The Balaban J connectivity index is 2.16. The van der Waals surface area contributed by atoms with Gasteiger partial charge in [-0.2, -0.15) is 0 Å². The number of nitrogens with one attached hydrogen (secondary N) is 1. The Bertz CT molecular complexity index is 872. The highest BCUT2D eigenvalue weighted by Gasteiger charge is 2.31. The molecule has 0 bridgehead atoms. The predicted molar refractivity (Wildman–Crippen MR) is 83.2 cm³/mol. The van der Waals surface area contributed by atoms with Gasteiger partial charge in [-0.25, -0.2) is 8.42 Å². The van der Waals surface area contributed by atoms with Crippen molar-refractivity contribution >= 4 is 37.8 Å². The summed E-state index contributed by atoms with van der Waals surface area (Å²) < 4.78 is 27.5. The molecule has 2 aromatic carbocycles. The number of carbonyl (C=O) groups is 1. The van der Waals surface area contributed by atoms with E-state index in [2.05, 4.69) is 20.7 Å². The molecule has 0 atom stereocenters. The van der Waals surface area contributed by atoms with Gasteiger partial charge in [-0.15, -0.1) is 0 Å². The van der Waals surface area contributed by atoms with Crippen LogP contribution in [0.15, 0.2) is 63.6 Å². The summed E-state index contributed by atoms with van der Waals surface area (Å²) in [6.45, 7) is 0. The van der Waals surface area contributed by atoms with Gasteiger partial charge in [-0.1, -0.05) is 46.3 Å². The smallest absolute Gasteiger partial charge is 0.262 e. The topological polar surface area (TPSA) is 63.2 Å². The number of rotatable bonds is 1. The van der Waals surface area contributed by atoms with Crippen molar-refractivity contribution in [2.45, 2.75) is 4.90 Å². The Morgan fingerprint density at radius 2 is 1.67 bits per heavy atom. The van der Waals surface area contributed by atoms with Gasteiger partial charge >= 0.3 is 0 Å². The SMILES string of the molecule is O=C1/C(=C/c2ccccc2Br)NS(=O)(=O)c2ccccc21. The van der Waals surface area contributed by atoms with Crippen LogP contribution in [-0.4, -0.2) is 14.2 Å². The molecule has 1 heterocycles. The summed E-state index contributed by atoms with van der Waals surface area (Å²) in [4.78, 5) is 12.4. The minimum Gasteiger partial charge on any atom is -0.287 e. The minimum atomic E-state index is -3.71. The molecule has 0 saturated heterocycles. The lowest BCUT2D eigenvalue weighted by atomic mass is 10.1. The largest absolute Gasteiger partial charge is 0.287 e. The monoisotopic (exact) mass is 363 g/mol. The lowest BCUT2D eigenvalue weighted by Crippen LogP contribution is -2.34. The Kier molecular flexibility index (Phi) is 3.43. The molecule has 1 N–H and O–H groups in total. The third-order valence-electron chi connectivity index (χ3n) is 3.12. The van der Waals surface area contributed by atoms with Gasteiger partial charge in [-0.3, -0.25) is 9.52 Å². The summed E-state index contributed by atoms with van der Waals surface area (Å²) in [5, 5.41) is 0. The Labute approximate surface area is 130 Å². The van der Waals surface area contributed by atoms with E-state index in [0.717, 1.165) is 10.0 Å². The Hall–Kier alpha value is -1.92. The van der Waals surface area contributed by atoms with Crippen molar-refractivity contribution in [1.82, 2.24) is 4.72 Å². The number of fused-ring (bicyclic) bond motifs is 1. The van der Waals surface area contributed by atoms with Crippen LogP contribution < -0.4 is 4.72 Å². The number of benzene rings is 2. The van der Waals surface area contributed by atoms with Gasteiger partial charge in [0.05, 0.1) is 10.6 Å². The van der Waals surface area contributed by atoms with Gasteiger partial charge < -0.3 is 0 Å². The fourth-order valence-corrected chi connectivity index (χ4v) is 3.78. The highest BCUT2D eigenvalue weighted by Crippen LogP contribution is 2.26. The maximum Gasteiger partial charge on any atom is 0.262 e. The number of ketones is 1. The number of allylic oxidation sites excluding steroid dienone is 1. The predicted octanol–water partition coefficient (Wildman–Crippen LogP) is 2.96. The molecule has 0 unspecified atom stereocenters. The number of halogens is 1. The van der Waals surface area contributed by atoms with E-state index < -0.39 is 10.0 Å². The van der Waals surface area contributed by atoms with Gasteiger partial charge in [0.15, 0.2) is 0 Å². The molecule has 2 aromatic rings. The van der Waals surface area contributed by atoms with Crippen molar-refractivity contribution in [2.24, 2.45) is 0 Å². The second-order valence-corrected chi connectivity index (χ2v) is 7.02. The third-order valence-corrected chi connectivity index (χ3v) is 5.26. The van der Waals surface area contributed by atoms with Crippen LogP contribution in [0.3, 0.4) is 0 Å². The first-order valence-corrected chi connectivity index (χ1v) is 8.39. The van der Waals surface area contributed by atoms with Gasteiger partial charge in [0.1, 0.15) is 0 Å². The molecule has 0 spiro atoms. The molecule has 106 valence electrons. The minimum absolute atomic E-state index is 0.0132. The zero-order valence-electron chi connectivity index (χ0n) is 10.7. The van der Waals surface area contributed by atoms with E-state index in [4.69, 9.17) is 0 Å². The van der Waals surface area contributed by atoms with Crippen LogP contribution in [0.2, 0.25) is 0 Å². The summed E-state index contributed by atoms with van der Waals surface area (Å²) in [5.41, 5.74) is 0.957. The summed E-state index contributed by atoms with van der Waals surface area (Å²) in [7, 11) is -3.71. The molecule has 0 fully saturated rings. The second-order valence-electron chi connectivity index (χ2n) is 4.51. The van der Waals surface area contributed by atoms with E-state index in [1.165, 1.54) is 18.2 Å². The first-order chi connectivity index (χ1) is 9.99. The van der Waals surface area contributed by atoms with Crippen molar-refractivity contribution in [1.29, 1.82) is 0 Å². The maximum atomic E-state index is 12.4. The van der Waals surface area contributed by atoms with Gasteiger partial charge in [0, 0.05) is 10.0 Å². The van der Waals surface area contributed by atoms with Crippen LogP contribution >= 0.6 is 15.9 Å². The standard InChI is InChI=1S/C15H10BrNO3S/c16-12-7-3-1-5-10(12)9-13-15(18)11-6-2-4-8-14(11)21(19,20)17-13/h1-9,17H/b13-9-. The number of carbonyl (C=O) groups excluding carboxylic acids is 1. The lowest BCUT2D eigenvalue weighted by molar-refractivity contribution is 0.102. The highest BCUT2D eigenvalue weighted by molar-refractivity contribution is 9.10. The summed E-state index contributed by atoms with van der Waals surface area (Å²) in [6, 6.07) is 13.4. The van der Waals surface area contributed by atoms with Crippen LogP contribution in [0.1, 0.15) is 15.9 Å². The highest BCUT2D eigenvalue weighted by atomic mass is 79.9. The van der Waals surface area contributed by atoms with Crippen molar-refractivity contribution in [2.75, 3.05) is 0 Å². The Morgan fingerprint density at radius 3 is 2.43 bits per heavy atom. The molecule has 6 heteroatoms. The summed E-state index contributed by atoms with van der Waals surface area (Å²) in [5.74, 6) is -0.337. The molecule has 3 rings (SSSR count). The van der Waals surface area contributed by atoms with Crippen LogP contribution in [0.4, 0.5) is 0 Å². The normalized spacial score (nSPS) is 18.1. The number of sulfonamides is 1. The molecule has 1 aliphatic rings. The van der Waals surface area contributed by atoms with E-state index >= 15 is 0 Å². The van der Waals surface area contributed by atoms with E-state index in [1.54, 1.807) is 18.2 Å². The Morgan fingerprint density at radius 1 is 1.00 bits per heavy atom. The van der Waals surface area contributed by atoms with Crippen molar-refractivity contribution in [3.63, 3.8) is 0 Å². The van der Waals surface area contributed by atoms with E-state index in [0.29, 0.717) is 0 Å². The fraction of sp³-hybridized carbons (Fsp3) is 0. The number of hydrogen-bond acceptors (Lipinski definition) is 3. The average molecular weight is 364 g/mol. The zero-order chi connectivity index (χ0) is 15.0. The van der Waals surface area contributed by atoms with Gasteiger partial charge in [0.25, 0.3) is 10.0 Å². The molecule has 0 aromatic heterocycles. The summed E-state index contributed by atoms with van der Waals surface area (Å²) in [6.07, 6.45) is 1.53. The third kappa shape index (κ3) is 2.52. The molecular weight excluding hydrogens is 354 g/mol. The second kappa shape index (κ2) is 5.13. The van der Waals surface area contributed by atoms with Crippen LogP contribution in [0.5, 0.6) is 0 Å². The van der Waals surface area contributed by atoms with Gasteiger partial charge in [0.2, 0.25) is 5.78 Å². The number of Topliss-reactive ketones (excluding diaryl/α,β-unsaturated/α-hetero) is 1. The molecule has 0 amide bonds. The molecule has 0 saturated carbocycles. The van der Waals surface area contributed by atoms with Crippen molar-refractivity contribution < 1.29 is 13.2 Å². The lowest BCUT2D eigenvalue weighted by Gasteiger charge is -2.19. The van der Waals surface area contributed by atoms with Crippen LogP contribution in [0, 0.1) is 0 Å². The molecular formula is C15H10BrNO3S. The van der Waals surface area contributed by atoms with Crippen molar-refractivity contribution in [3.8, 4) is 0 Å². The molecule has 21 heavy (non-hydrogen) atoms. The van der Waals surface area contributed by atoms with E-state index in [9.17, 15) is 13.2 Å². The molecule has 0 radical (unpaired) electrons. The molecule has 0 aliphatic carbocycles. The maximum absolute atomic E-state index is 12.4. The van der Waals surface area contributed by atoms with E-state index in [-0.39, 0.29) is 21.9 Å². The fourth-order valence-electron chi connectivity index (χ4n) is 2.12. The molecule has 1 aliphatic heterocycles.